The largest absolute Gasteiger partial charge is 0.378 e. The van der Waals surface area contributed by atoms with E-state index in [9.17, 15) is 10.1 Å². The molecular weight excluding hydrogens is 404 g/mol. The van der Waals surface area contributed by atoms with Gasteiger partial charge < -0.3 is 19.9 Å². The fraction of sp³-hybridized carbons (Fsp3) is 0.458. The molecule has 32 heavy (non-hydrogen) atoms. The molecule has 0 aliphatic carbocycles. The van der Waals surface area contributed by atoms with Gasteiger partial charge in [0.2, 0.25) is 5.91 Å². The minimum Gasteiger partial charge on any atom is -0.378 e. The topological polar surface area (TPSA) is 84.7 Å². The molecule has 2 aliphatic heterocycles. The number of ether oxygens (including phenoxy) is 1. The van der Waals surface area contributed by atoms with Gasteiger partial charge in [0.1, 0.15) is 11.9 Å². The summed E-state index contributed by atoms with van der Waals surface area (Å²) in [4.78, 5) is 24.0. The van der Waals surface area contributed by atoms with Crippen LogP contribution in [0.15, 0.2) is 42.6 Å². The number of morpholine rings is 1. The van der Waals surface area contributed by atoms with Gasteiger partial charge in [-0.05, 0) is 49.7 Å². The van der Waals surface area contributed by atoms with Crippen LogP contribution in [0.1, 0.15) is 18.9 Å². The van der Waals surface area contributed by atoms with Gasteiger partial charge in [-0.3, -0.25) is 9.69 Å². The highest BCUT2D eigenvalue weighted by molar-refractivity contribution is 5.94. The molecule has 1 amide bonds. The average Bonchev–Trinajstić information content (AvgIpc) is 3.11. The van der Waals surface area contributed by atoms with E-state index < -0.39 is 0 Å². The molecular formula is C24H30N6O2. The predicted octanol–water partition coefficient (Wildman–Crippen LogP) is 2.33. The summed E-state index contributed by atoms with van der Waals surface area (Å²) in [7, 11) is 0. The standard InChI is InChI=1S/C24H30N6O2/c1-19(24(31)27-21-5-7-22(8-6-21)29-14-16-32-17-15-29)28-10-3-11-30(13-12-28)23-20(18-25)4-2-9-26-23/h2,4-9,19H,3,10-17H2,1H3,(H,27,31). The van der Waals surface area contributed by atoms with Crippen molar-refractivity contribution in [1.29, 1.82) is 5.26 Å². The molecule has 0 spiro atoms. The minimum absolute atomic E-state index is 0.00637. The Morgan fingerprint density at radius 1 is 1.06 bits per heavy atom. The summed E-state index contributed by atoms with van der Waals surface area (Å²) in [6.45, 7) is 8.36. The molecule has 4 rings (SSSR count). The second-order valence-corrected chi connectivity index (χ2v) is 8.17. The molecule has 2 fully saturated rings. The molecule has 1 aromatic carbocycles. The zero-order valence-corrected chi connectivity index (χ0v) is 18.5. The Balaban J connectivity index is 1.33. The van der Waals surface area contributed by atoms with Gasteiger partial charge in [-0.15, -0.1) is 0 Å². The van der Waals surface area contributed by atoms with E-state index in [0.29, 0.717) is 5.56 Å². The van der Waals surface area contributed by atoms with Crippen LogP contribution in [-0.4, -0.2) is 74.3 Å². The molecule has 0 saturated carbocycles. The highest BCUT2D eigenvalue weighted by atomic mass is 16.5. The van der Waals surface area contributed by atoms with Crippen LogP contribution in [-0.2, 0) is 9.53 Å². The first kappa shape index (κ1) is 22.1. The molecule has 1 unspecified atom stereocenters. The number of nitriles is 1. The van der Waals surface area contributed by atoms with E-state index in [2.05, 4.69) is 43.2 Å². The first-order chi connectivity index (χ1) is 15.7. The first-order valence-electron chi connectivity index (χ1n) is 11.2. The van der Waals surface area contributed by atoms with Crippen molar-refractivity contribution in [2.75, 3.05) is 67.6 Å². The van der Waals surface area contributed by atoms with Crippen LogP contribution in [0.25, 0.3) is 0 Å². The van der Waals surface area contributed by atoms with Gasteiger partial charge in [-0.2, -0.15) is 5.26 Å². The second-order valence-electron chi connectivity index (χ2n) is 8.17. The van der Waals surface area contributed by atoms with Crippen molar-refractivity contribution in [3.05, 3.63) is 48.2 Å². The zero-order chi connectivity index (χ0) is 22.3. The summed E-state index contributed by atoms with van der Waals surface area (Å²) in [5, 5.41) is 12.4. The molecule has 1 aromatic heterocycles. The lowest BCUT2D eigenvalue weighted by molar-refractivity contribution is -0.120. The highest BCUT2D eigenvalue weighted by Gasteiger charge is 2.25. The summed E-state index contributed by atoms with van der Waals surface area (Å²) in [6.07, 6.45) is 2.63. The Bertz CT molecular complexity index is 952. The van der Waals surface area contributed by atoms with Gasteiger partial charge in [0.25, 0.3) is 0 Å². The van der Waals surface area contributed by atoms with Crippen LogP contribution in [0.4, 0.5) is 17.2 Å². The monoisotopic (exact) mass is 434 g/mol. The normalized spacial score (nSPS) is 18.5. The second kappa shape index (κ2) is 10.4. The summed E-state index contributed by atoms with van der Waals surface area (Å²) in [5.41, 5.74) is 2.55. The number of hydrogen-bond donors (Lipinski definition) is 1. The number of benzene rings is 1. The number of nitrogens with one attached hydrogen (secondary N) is 1. The van der Waals surface area contributed by atoms with Crippen LogP contribution in [0, 0.1) is 11.3 Å². The van der Waals surface area contributed by atoms with Crippen molar-refractivity contribution in [2.45, 2.75) is 19.4 Å². The molecule has 2 saturated heterocycles. The third kappa shape index (κ3) is 5.18. The van der Waals surface area contributed by atoms with Gasteiger partial charge in [0.15, 0.2) is 0 Å². The van der Waals surface area contributed by atoms with E-state index in [-0.39, 0.29) is 11.9 Å². The average molecular weight is 435 g/mol. The van der Waals surface area contributed by atoms with Gasteiger partial charge in [0.05, 0.1) is 24.8 Å². The van der Waals surface area contributed by atoms with Crippen LogP contribution >= 0.6 is 0 Å². The number of rotatable bonds is 5. The van der Waals surface area contributed by atoms with Crippen molar-refractivity contribution < 1.29 is 9.53 Å². The molecule has 0 bridgehead atoms. The SMILES string of the molecule is CC(C(=O)Nc1ccc(N2CCOCC2)cc1)N1CCCN(c2ncccc2C#N)CC1. The fourth-order valence-electron chi connectivity index (χ4n) is 4.26. The molecule has 2 aromatic rings. The highest BCUT2D eigenvalue weighted by Crippen LogP contribution is 2.21. The lowest BCUT2D eigenvalue weighted by Gasteiger charge is -2.29. The summed E-state index contributed by atoms with van der Waals surface area (Å²) < 4.78 is 5.41. The van der Waals surface area contributed by atoms with E-state index >= 15 is 0 Å². The Labute approximate surface area is 189 Å². The molecule has 8 heteroatoms. The van der Waals surface area contributed by atoms with E-state index in [1.165, 1.54) is 0 Å². The van der Waals surface area contributed by atoms with E-state index in [4.69, 9.17) is 4.74 Å². The lowest BCUT2D eigenvalue weighted by Crippen LogP contribution is -2.44. The predicted molar refractivity (Wildman–Crippen MR) is 125 cm³/mol. The van der Waals surface area contributed by atoms with Crippen LogP contribution < -0.4 is 15.1 Å². The van der Waals surface area contributed by atoms with Gasteiger partial charge in [-0.25, -0.2) is 4.98 Å². The number of carbonyl (C=O) groups excluding carboxylic acids is 1. The minimum atomic E-state index is -0.243. The number of pyridine rings is 1. The molecule has 8 nitrogen and oxygen atoms in total. The molecule has 3 heterocycles. The fourth-order valence-corrected chi connectivity index (χ4v) is 4.26. The Kier molecular flexibility index (Phi) is 7.20. The third-order valence-corrected chi connectivity index (χ3v) is 6.18. The lowest BCUT2D eigenvalue weighted by atomic mass is 10.2. The van der Waals surface area contributed by atoms with Crippen molar-refractivity contribution in [1.82, 2.24) is 9.88 Å². The molecule has 168 valence electrons. The quantitative estimate of drug-likeness (QED) is 0.773. The third-order valence-electron chi connectivity index (χ3n) is 6.18. The Morgan fingerprint density at radius 3 is 2.59 bits per heavy atom. The van der Waals surface area contributed by atoms with E-state index in [1.54, 1.807) is 18.3 Å². The number of hydrogen-bond acceptors (Lipinski definition) is 7. The number of anilines is 3. The molecule has 2 aliphatic rings. The zero-order valence-electron chi connectivity index (χ0n) is 18.5. The maximum atomic E-state index is 12.9. The molecule has 0 radical (unpaired) electrons. The Morgan fingerprint density at radius 2 is 1.84 bits per heavy atom. The summed E-state index contributed by atoms with van der Waals surface area (Å²) >= 11 is 0. The number of amides is 1. The van der Waals surface area contributed by atoms with Crippen molar-refractivity contribution >= 4 is 23.1 Å². The van der Waals surface area contributed by atoms with Crippen LogP contribution in [0.2, 0.25) is 0 Å². The maximum Gasteiger partial charge on any atom is 0.241 e. The number of nitrogens with zero attached hydrogens (tertiary/aromatic N) is 5. The van der Waals surface area contributed by atoms with Crippen molar-refractivity contribution in [2.24, 2.45) is 0 Å². The van der Waals surface area contributed by atoms with E-state index in [1.807, 2.05) is 19.1 Å². The van der Waals surface area contributed by atoms with Crippen LogP contribution in [0.5, 0.6) is 0 Å². The van der Waals surface area contributed by atoms with Crippen molar-refractivity contribution in [3.8, 4) is 6.07 Å². The van der Waals surface area contributed by atoms with Gasteiger partial charge >= 0.3 is 0 Å². The van der Waals surface area contributed by atoms with Crippen LogP contribution in [0.3, 0.4) is 0 Å². The maximum absolute atomic E-state index is 12.9. The Hall–Kier alpha value is -3.15. The molecule has 1 N–H and O–H groups in total. The van der Waals surface area contributed by atoms with Crippen molar-refractivity contribution in [3.63, 3.8) is 0 Å². The van der Waals surface area contributed by atoms with E-state index in [0.717, 1.165) is 76.1 Å². The first-order valence-corrected chi connectivity index (χ1v) is 11.2. The smallest absolute Gasteiger partial charge is 0.241 e. The van der Waals surface area contributed by atoms with Gasteiger partial charge in [0, 0.05) is 56.8 Å². The molecule has 1 atom stereocenters. The number of aromatic nitrogens is 1. The summed E-state index contributed by atoms with van der Waals surface area (Å²) in [6, 6.07) is 13.6. The summed E-state index contributed by atoms with van der Waals surface area (Å²) in [5.74, 6) is 0.724. The number of carbonyl (C=O) groups is 1. The van der Waals surface area contributed by atoms with Gasteiger partial charge in [-0.1, -0.05) is 0 Å².